The van der Waals surface area contributed by atoms with Crippen LogP contribution in [0.15, 0.2) is 0 Å². The standard InChI is InChI=1S/C15H24N2O2/c16-11-15(7-2-1-3-8-15)14(19)17-9-12-5-4-6-13(12)10-18/h12-13,18H,1-10H2,(H,17,19). The summed E-state index contributed by atoms with van der Waals surface area (Å²) < 4.78 is 0. The first-order valence-corrected chi connectivity index (χ1v) is 7.52. The molecule has 1 amide bonds. The van der Waals surface area contributed by atoms with Crippen molar-refractivity contribution < 1.29 is 9.90 Å². The molecular weight excluding hydrogens is 240 g/mol. The summed E-state index contributed by atoms with van der Waals surface area (Å²) in [6.45, 7) is 0.831. The quantitative estimate of drug-likeness (QED) is 0.815. The molecule has 0 aromatic rings. The summed E-state index contributed by atoms with van der Waals surface area (Å²) in [6.07, 6.45) is 7.74. The molecule has 2 N–H and O–H groups in total. The number of nitriles is 1. The molecule has 0 radical (unpaired) electrons. The third kappa shape index (κ3) is 3.09. The van der Waals surface area contributed by atoms with Gasteiger partial charge >= 0.3 is 0 Å². The fraction of sp³-hybridized carbons (Fsp3) is 0.867. The molecule has 2 aliphatic carbocycles. The summed E-state index contributed by atoms with van der Waals surface area (Å²) in [4.78, 5) is 12.3. The summed E-state index contributed by atoms with van der Waals surface area (Å²) in [5.74, 6) is 0.622. The first-order valence-electron chi connectivity index (χ1n) is 7.52. The van der Waals surface area contributed by atoms with Crippen LogP contribution in [0, 0.1) is 28.6 Å². The molecule has 0 aromatic heterocycles. The van der Waals surface area contributed by atoms with Crippen molar-refractivity contribution >= 4 is 5.91 Å². The summed E-state index contributed by atoms with van der Waals surface area (Å²) in [6, 6.07) is 2.26. The van der Waals surface area contributed by atoms with E-state index in [4.69, 9.17) is 0 Å². The summed E-state index contributed by atoms with van der Waals surface area (Å²) >= 11 is 0. The van der Waals surface area contributed by atoms with Crippen molar-refractivity contribution in [3.05, 3.63) is 0 Å². The molecule has 0 heterocycles. The van der Waals surface area contributed by atoms with Gasteiger partial charge < -0.3 is 10.4 Å². The topological polar surface area (TPSA) is 73.1 Å². The van der Waals surface area contributed by atoms with E-state index in [1.54, 1.807) is 0 Å². The smallest absolute Gasteiger partial charge is 0.240 e. The van der Waals surface area contributed by atoms with Crippen molar-refractivity contribution in [2.24, 2.45) is 17.3 Å². The lowest BCUT2D eigenvalue weighted by atomic mass is 9.74. The molecule has 0 aliphatic heterocycles. The number of amides is 1. The number of aliphatic hydroxyl groups excluding tert-OH is 1. The Balaban J connectivity index is 1.88. The Labute approximate surface area is 115 Å². The van der Waals surface area contributed by atoms with Crippen LogP contribution in [-0.4, -0.2) is 24.2 Å². The molecule has 2 aliphatic rings. The van der Waals surface area contributed by atoms with Gasteiger partial charge in [0, 0.05) is 13.2 Å². The molecule has 2 fully saturated rings. The average molecular weight is 264 g/mol. The van der Waals surface area contributed by atoms with E-state index in [2.05, 4.69) is 11.4 Å². The van der Waals surface area contributed by atoms with Crippen LogP contribution in [0.25, 0.3) is 0 Å². The minimum atomic E-state index is -0.786. The van der Waals surface area contributed by atoms with Gasteiger partial charge in [-0.15, -0.1) is 0 Å². The highest BCUT2D eigenvalue weighted by molar-refractivity contribution is 5.85. The van der Waals surface area contributed by atoms with Crippen LogP contribution in [0.1, 0.15) is 51.4 Å². The molecule has 106 valence electrons. The maximum atomic E-state index is 12.3. The second-order valence-electron chi connectivity index (χ2n) is 6.10. The van der Waals surface area contributed by atoms with Gasteiger partial charge in [-0.3, -0.25) is 4.79 Å². The maximum absolute atomic E-state index is 12.3. The first kappa shape index (κ1) is 14.3. The minimum absolute atomic E-state index is 0.0849. The molecule has 4 heteroatoms. The van der Waals surface area contributed by atoms with Gasteiger partial charge in [0.1, 0.15) is 5.41 Å². The van der Waals surface area contributed by atoms with E-state index in [0.717, 1.165) is 38.5 Å². The third-order valence-electron chi connectivity index (χ3n) is 4.93. The normalized spacial score (nSPS) is 29.7. The number of rotatable bonds is 4. The predicted molar refractivity (Wildman–Crippen MR) is 72.1 cm³/mol. The second kappa shape index (κ2) is 6.38. The predicted octanol–water partition coefficient (Wildman–Crippen LogP) is 1.99. The Bertz CT molecular complexity index is 356. The Hall–Kier alpha value is -1.08. The molecule has 2 unspecified atom stereocenters. The zero-order valence-electron chi connectivity index (χ0n) is 11.5. The number of aliphatic hydroxyl groups is 1. The van der Waals surface area contributed by atoms with E-state index < -0.39 is 5.41 Å². The van der Waals surface area contributed by atoms with Gasteiger partial charge in [0.2, 0.25) is 5.91 Å². The van der Waals surface area contributed by atoms with Gasteiger partial charge in [-0.2, -0.15) is 5.26 Å². The van der Waals surface area contributed by atoms with Crippen molar-refractivity contribution in [3.63, 3.8) is 0 Å². The summed E-state index contributed by atoms with van der Waals surface area (Å²) in [5, 5.41) is 21.6. The van der Waals surface area contributed by atoms with Crippen LogP contribution < -0.4 is 5.32 Å². The number of carbonyl (C=O) groups is 1. The molecule has 0 bridgehead atoms. The van der Waals surface area contributed by atoms with Crippen molar-refractivity contribution in [1.82, 2.24) is 5.32 Å². The fourth-order valence-electron chi connectivity index (χ4n) is 3.56. The second-order valence-corrected chi connectivity index (χ2v) is 6.10. The van der Waals surface area contributed by atoms with Gasteiger partial charge in [0.15, 0.2) is 0 Å². The number of hydrogen-bond donors (Lipinski definition) is 2. The summed E-state index contributed by atoms with van der Waals surface area (Å²) in [5.41, 5.74) is -0.786. The lowest BCUT2D eigenvalue weighted by molar-refractivity contribution is -0.129. The highest BCUT2D eigenvalue weighted by Crippen LogP contribution is 2.36. The molecule has 19 heavy (non-hydrogen) atoms. The molecule has 2 saturated carbocycles. The van der Waals surface area contributed by atoms with Crippen LogP contribution in [0.2, 0.25) is 0 Å². The lowest BCUT2D eigenvalue weighted by Crippen LogP contribution is -2.43. The molecular formula is C15H24N2O2. The fourth-order valence-corrected chi connectivity index (χ4v) is 3.56. The number of nitrogens with zero attached hydrogens (tertiary/aromatic N) is 1. The van der Waals surface area contributed by atoms with Crippen LogP contribution in [0.5, 0.6) is 0 Å². The number of carbonyl (C=O) groups excluding carboxylic acids is 1. The van der Waals surface area contributed by atoms with E-state index in [0.29, 0.717) is 31.2 Å². The van der Waals surface area contributed by atoms with Crippen LogP contribution in [0.4, 0.5) is 0 Å². The average Bonchev–Trinajstić information content (AvgIpc) is 2.92. The summed E-state index contributed by atoms with van der Waals surface area (Å²) in [7, 11) is 0. The Morgan fingerprint density at radius 1 is 1.21 bits per heavy atom. The van der Waals surface area contributed by atoms with Crippen LogP contribution in [-0.2, 0) is 4.79 Å². The monoisotopic (exact) mass is 264 g/mol. The third-order valence-corrected chi connectivity index (χ3v) is 4.93. The van der Waals surface area contributed by atoms with E-state index in [1.807, 2.05) is 0 Å². The van der Waals surface area contributed by atoms with Crippen molar-refractivity contribution in [2.45, 2.75) is 51.4 Å². The van der Waals surface area contributed by atoms with Gasteiger partial charge in [-0.25, -0.2) is 0 Å². The highest BCUT2D eigenvalue weighted by atomic mass is 16.3. The maximum Gasteiger partial charge on any atom is 0.240 e. The zero-order valence-corrected chi connectivity index (χ0v) is 11.5. The molecule has 0 saturated heterocycles. The number of nitrogens with one attached hydrogen (secondary N) is 1. The van der Waals surface area contributed by atoms with Crippen molar-refractivity contribution in [1.29, 1.82) is 5.26 Å². The van der Waals surface area contributed by atoms with E-state index in [9.17, 15) is 15.2 Å². The molecule has 4 nitrogen and oxygen atoms in total. The lowest BCUT2D eigenvalue weighted by Gasteiger charge is -2.30. The SMILES string of the molecule is N#CC1(C(=O)NCC2CCCC2CO)CCCCC1. The Morgan fingerprint density at radius 3 is 2.53 bits per heavy atom. The highest BCUT2D eigenvalue weighted by Gasteiger charge is 2.40. The molecule has 0 aromatic carbocycles. The van der Waals surface area contributed by atoms with Crippen molar-refractivity contribution in [2.75, 3.05) is 13.2 Å². The molecule has 2 atom stereocenters. The molecule has 2 rings (SSSR count). The van der Waals surface area contributed by atoms with Gasteiger partial charge in [-0.1, -0.05) is 25.7 Å². The van der Waals surface area contributed by atoms with Gasteiger partial charge in [0.05, 0.1) is 6.07 Å². The van der Waals surface area contributed by atoms with Crippen LogP contribution in [0.3, 0.4) is 0 Å². The van der Waals surface area contributed by atoms with Crippen LogP contribution >= 0.6 is 0 Å². The van der Waals surface area contributed by atoms with Gasteiger partial charge in [0.25, 0.3) is 0 Å². The first-order chi connectivity index (χ1) is 9.22. The minimum Gasteiger partial charge on any atom is -0.396 e. The molecule has 0 spiro atoms. The van der Waals surface area contributed by atoms with Gasteiger partial charge in [-0.05, 0) is 37.5 Å². The van der Waals surface area contributed by atoms with E-state index in [1.165, 1.54) is 0 Å². The zero-order chi connectivity index (χ0) is 13.7. The van der Waals surface area contributed by atoms with Crippen molar-refractivity contribution in [3.8, 4) is 6.07 Å². The largest absolute Gasteiger partial charge is 0.396 e. The van der Waals surface area contributed by atoms with E-state index >= 15 is 0 Å². The Kier molecular flexibility index (Phi) is 4.81. The van der Waals surface area contributed by atoms with E-state index in [-0.39, 0.29) is 12.5 Å². The Morgan fingerprint density at radius 2 is 1.89 bits per heavy atom. The number of hydrogen-bond acceptors (Lipinski definition) is 3.